The highest BCUT2D eigenvalue weighted by Crippen LogP contribution is 2.31. The molecule has 0 radical (unpaired) electrons. The Morgan fingerprint density at radius 3 is 2.71 bits per heavy atom. The molecule has 2 rings (SSSR count). The first-order chi connectivity index (χ1) is 10.0. The van der Waals surface area contributed by atoms with Crippen LogP contribution < -0.4 is 10.0 Å². The first-order valence-electron chi connectivity index (χ1n) is 7.18. The van der Waals surface area contributed by atoms with Gasteiger partial charge in [0.2, 0.25) is 10.0 Å². The second kappa shape index (κ2) is 8.03. The third-order valence-electron chi connectivity index (χ3n) is 3.52. The van der Waals surface area contributed by atoms with E-state index in [1.165, 1.54) is 30.6 Å². The second-order valence-corrected chi connectivity index (χ2v) is 9.37. The van der Waals surface area contributed by atoms with Crippen molar-refractivity contribution in [3.63, 3.8) is 0 Å². The minimum atomic E-state index is -3.43. The molecule has 5 nitrogen and oxygen atoms in total. The molecule has 2 N–H and O–H groups in total. The minimum absolute atomic E-state index is 0.344. The van der Waals surface area contributed by atoms with Crippen LogP contribution in [0, 0.1) is 0 Å². The van der Waals surface area contributed by atoms with Crippen LogP contribution in [0.15, 0.2) is 14.7 Å². The van der Waals surface area contributed by atoms with Gasteiger partial charge in [-0.1, -0.05) is 6.42 Å². The van der Waals surface area contributed by atoms with Gasteiger partial charge in [0.1, 0.15) is 4.90 Å². The number of nitrogens with zero attached hydrogens (tertiary/aromatic N) is 1. The maximum absolute atomic E-state index is 12.3. The molecule has 2 heterocycles. The zero-order valence-electron chi connectivity index (χ0n) is 12.2. The van der Waals surface area contributed by atoms with E-state index < -0.39 is 10.0 Å². The van der Waals surface area contributed by atoms with Crippen LogP contribution in [0.1, 0.15) is 24.1 Å². The Morgan fingerprint density at radius 2 is 2.05 bits per heavy atom. The Balaban J connectivity index is 1.91. The van der Waals surface area contributed by atoms with E-state index >= 15 is 0 Å². The van der Waals surface area contributed by atoms with E-state index in [1.807, 2.05) is 7.05 Å². The lowest BCUT2D eigenvalue weighted by molar-refractivity contribution is 0.233. The molecule has 0 aromatic carbocycles. The van der Waals surface area contributed by atoms with Gasteiger partial charge in [0, 0.05) is 24.5 Å². The molecule has 1 aromatic heterocycles. The molecule has 1 fully saturated rings. The predicted molar refractivity (Wildman–Crippen MR) is 90.3 cm³/mol. The third-order valence-corrected chi connectivity index (χ3v) is 7.23. The molecule has 0 spiro atoms. The van der Waals surface area contributed by atoms with E-state index in [9.17, 15) is 8.42 Å². The number of piperidine rings is 1. The van der Waals surface area contributed by atoms with Gasteiger partial charge in [0.25, 0.3) is 0 Å². The van der Waals surface area contributed by atoms with Gasteiger partial charge in [0.05, 0.1) is 3.79 Å². The molecule has 0 saturated carbocycles. The van der Waals surface area contributed by atoms with Crippen LogP contribution >= 0.6 is 27.3 Å². The fraction of sp³-hybridized carbons (Fsp3) is 0.692. The van der Waals surface area contributed by atoms with Gasteiger partial charge in [-0.3, -0.25) is 0 Å². The van der Waals surface area contributed by atoms with Crippen molar-refractivity contribution in [2.24, 2.45) is 0 Å². The number of hydrogen-bond donors (Lipinski definition) is 2. The van der Waals surface area contributed by atoms with Crippen molar-refractivity contribution in [2.45, 2.75) is 30.7 Å². The largest absolute Gasteiger partial charge is 0.315 e. The van der Waals surface area contributed by atoms with Crippen LogP contribution in [0.4, 0.5) is 0 Å². The van der Waals surface area contributed by atoms with Gasteiger partial charge < -0.3 is 10.2 Å². The molecular formula is C13H22BrN3O2S2. The lowest BCUT2D eigenvalue weighted by Crippen LogP contribution is -2.37. The third kappa shape index (κ3) is 5.01. The number of halogens is 1. The number of sulfonamides is 1. The SMILES string of the molecule is CNCc1cc(S(=O)(=O)NCCN2CCCCC2)c(Br)s1. The van der Waals surface area contributed by atoms with Crippen molar-refractivity contribution < 1.29 is 8.42 Å². The maximum atomic E-state index is 12.3. The van der Waals surface area contributed by atoms with E-state index in [0.717, 1.165) is 24.5 Å². The first-order valence-corrected chi connectivity index (χ1v) is 10.3. The fourth-order valence-electron chi connectivity index (χ4n) is 2.44. The summed E-state index contributed by atoms with van der Waals surface area (Å²) in [6.45, 7) is 4.08. The van der Waals surface area contributed by atoms with Gasteiger partial charge in [0.15, 0.2) is 0 Å². The molecule has 120 valence electrons. The number of thiophene rings is 1. The molecule has 1 aliphatic heterocycles. The molecule has 0 amide bonds. The second-order valence-electron chi connectivity index (χ2n) is 5.18. The zero-order chi connectivity index (χ0) is 15.3. The summed E-state index contributed by atoms with van der Waals surface area (Å²) < 4.78 is 28.0. The Kier molecular flexibility index (Phi) is 6.64. The standard InChI is InChI=1S/C13H22BrN3O2S2/c1-15-10-11-9-12(13(14)20-11)21(18,19)16-5-8-17-6-3-2-4-7-17/h9,15-16H,2-8,10H2,1H3. The molecule has 0 bridgehead atoms. The number of rotatable bonds is 7. The van der Waals surface area contributed by atoms with E-state index in [1.54, 1.807) is 6.07 Å². The Bertz CT molecular complexity index is 554. The highest BCUT2D eigenvalue weighted by atomic mass is 79.9. The molecular weight excluding hydrogens is 374 g/mol. The zero-order valence-corrected chi connectivity index (χ0v) is 15.4. The van der Waals surface area contributed by atoms with Crippen molar-refractivity contribution in [2.75, 3.05) is 33.2 Å². The molecule has 1 saturated heterocycles. The summed E-state index contributed by atoms with van der Waals surface area (Å²) in [5.41, 5.74) is 0. The van der Waals surface area contributed by atoms with Crippen LogP contribution in [0.5, 0.6) is 0 Å². The average molecular weight is 396 g/mol. The fourth-order valence-corrected chi connectivity index (χ4v) is 6.15. The van der Waals surface area contributed by atoms with E-state index in [4.69, 9.17) is 0 Å². The van der Waals surface area contributed by atoms with Crippen LogP contribution in [0.25, 0.3) is 0 Å². The lowest BCUT2D eigenvalue weighted by atomic mass is 10.1. The van der Waals surface area contributed by atoms with Crippen LogP contribution in [-0.2, 0) is 16.6 Å². The summed E-state index contributed by atoms with van der Waals surface area (Å²) in [7, 11) is -1.58. The lowest BCUT2D eigenvalue weighted by Gasteiger charge is -2.26. The van der Waals surface area contributed by atoms with E-state index in [2.05, 4.69) is 30.9 Å². The van der Waals surface area contributed by atoms with Crippen molar-refractivity contribution in [1.29, 1.82) is 0 Å². The van der Waals surface area contributed by atoms with Crippen molar-refractivity contribution in [3.8, 4) is 0 Å². The van der Waals surface area contributed by atoms with Gasteiger partial charge in [-0.15, -0.1) is 11.3 Å². The summed E-state index contributed by atoms with van der Waals surface area (Å²) >= 11 is 4.80. The highest BCUT2D eigenvalue weighted by molar-refractivity contribution is 9.11. The average Bonchev–Trinajstić information content (AvgIpc) is 2.82. The topological polar surface area (TPSA) is 61.4 Å². The van der Waals surface area contributed by atoms with Crippen molar-refractivity contribution in [1.82, 2.24) is 14.9 Å². The van der Waals surface area contributed by atoms with E-state index in [0.29, 0.717) is 21.8 Å². The van der Waals surface area contributed by atoms with Gasteiger partial charge >= 0.3 is 0 Å². The molecule has 1 aliphatic rings. The van der Waals surface area contributed by atoms with Crippen LogP contribution in [0.2, 0.25) is 0 Å². The summed E-state index contributed by atoms with van der Waals surface area (Å²) in [4.78, 5) is 3.67. The van der Waals surface area contributed by atoms with E-state index in [-0.39, 0.29) is 0 Å². The van der Waals surface area contributed by atoms with Gasteiger partial charge in [-0.05, 0) is 55.0 Å². The summed E-state index contributed by atoms with van der Waals surface area (Å²) in [5.74, 6) is 0. The summed E-state index contributed by atoms with van der Waals surface area (Å²) in [6, 6.07) is 1.73. The van der Waals surface area contributed by atoms with Crippen molar-refractivity contribution in [3.05, 3.63) is 14.7 Å². The molecule has 1 aromatic rings. The Labute approximate surface area is 139 Å². The predicted octanol–water partition coefficient (Wildman–Crippen LogP) is 1.99. The molecule has 0 atom stereocenters. The molecule has 21 heavy (non-hydrogen) atoms. The molecule has 0 unspecified atom stereocenters. The summed E-state index contributed by atoms with van der Waals surface area (Å²) in [5, 5.41) is 3.03. The van der Waals surface area contributed by atoms with Crippen molar-refractivity contribution >= 4 is 37.3 Å². The first kappa shape index (κ1) is 17.4. The molecule has 8 heteroatoms. The smallest absolute Gasteiger partial charge is 0.242 e. The number of nitrogens with one attached hydrogen (secondary N) is 2. The number of hydrogen-bond acceptors (Lipinski definition) is 5. The molecule has 0 aliphatic carbocycles. The van der Waals surface area contributed by atoms with Gasteiger partial charge in [-0.25, -0.2) is 13.1 Å². The maximum Gasteiger partial charge on any atom is 0.242 e. The van der Waals surface area contributed by atoms with Crippen LogP contribution in [0.3, 0.4) is 0 Å². The summed E-state index contributed by atoms with van der Waals surface area (Å²) in [6.07, 6.45) is 3.73. The normalized spacial score (nSPS) is 17.2. The Hall–Kier alpha value is 0.01000. The van der Waals surface area contributed by atoms with Gasteiger partial charge in [-0.2, -0.15) is 0 Å². The quantitative estimate of drug-likeness (QED) is 0.740. The monoisotopic (exact) mass is 395 g/mol. The Morgan fingerprint density at radius 1 is 1.33 bits per heavy atom. The highest BCUT2D eigenvalue weighted by Gasteiger charge is 2.21. The number of likely N-dealkylation sites (tertiary alicyclic amines) is 1. The minimum Gasteiger partial charge on any atom is -0.315 e. The van der Waals surface area contributed by atoms with Crippen LogP contribution in [-0.4, -0.2) is 46.5 Å².